The Bertz CT molecular complexity index is 944. The second-order valence-electron chi connectivity index (χ2n) is 8.35. The topological polar surface area (TPSA) is 61.8 Å². The fourth-order valence-electron chi connectivity index (χ4n) is 4.02. The number of esters is 1. The number of aryl methyl sites for hydroxylation is 2. The van der Waals surface area contributed by atoms with Gasteiger partial charge in [-0.3, -0.25) is 4.79 Å². The number of Topliss-reactive ketones (excluding diaryl/α,β-unsaturated/α-hetero) is 1. The van der Waals surface area contributed by atoms with Crippen LogP contribution in [0, 0.1) is 0 Å². The highest BCUT2D eigenvalue weighted by molar-refractivity contribution is 5.98. The highest BCUT2D eigenvalue weighted by Gasteiger charge is 2.32. The van der Waals surface area contributed by atoms with Crippen molar-refractivity contribution in [3.8, 4) is 11.5 Å². The zero-order valence-electron chi connectivity index (χ0n) is 17.0. The van der Waals surface area contributed by atoms with E-state index in [1.54, 1.807) is 6.07 Å². The van der Waals surface area contributed by atoms with Gasteiger partial charge in [0, 0.05) is 17.5 Å². The Balaban J connectivity index is 1.30. The first-order valence-corrected chi connectivity index (χ1v) is 10.2. The third kappa shape index (κ3) is 4.44. The Hall–Kier alpha value is -2.82. The van der Waals surface area contributed by atoms with Crippen LogP contribution in [0.1, 0.15) is 53.7 Å². The molecule has 0 atom stereocenters. The summed E-state index contributed by atoms with van der Waals surface area (Å²) in [7, 11) is 0. The Morgan fingerprint density at radius 3 is 2.62 bits per heavy atom. The lowest BCUT2D eigenvalue weighted by molar-refractivity contribution is -0.144. The van der Waals surface area contributed by atoms with E-state index in [2.05, 4.69) is 0 Å². The molecule has 4 rings (SSSR count). The summed E-state index contributed by atoms with van der Waals surface area (Å²) in [6.45, 7) is 3.48. The van der Waals surface area contributed by atoms with Crippen LogP contribution in [0.2, 0.25) is 0 Å². The molecule has 0 radical (unpaired) electrons. The largest absolute Gasteiger partial charge is 0.483 e. The van der Waals surface area contributed by atoms with Crippen LogP contribution < -0.4 is 9.47 Å². The van der Waals surface area contributed by atoms with Crippen LogP contribution in [0.4, 0.5) is 0 Å². The van der Waals surface area contributed by atoms with Gasteiger partial charge in [-0.15, -0.1) is 0 Å². The van der Waals surface area contributed by atoms with Crippen LogP contribution in [-0.2, 0) is 28.8 Å². The molecule has 5 heteroatoms. The molecule has 5 nitrogen and oxygen atoms in total. The van der Waals surface area contributed by atoms with Crippen molar-refractivity contribution < 1.29 is 23.8 Å². The summed E-state index contributed by atoms with van der Waals surface area (Å²) in [5, 5.41) is 0. The standard InChI is InChI=1S/C24H26O5/c1-24(2)13-19-8-5-9-21(23(19)29-24)27-15-22(26)28-14-20(25)18-11-10-16-6-3-4-7-17(16)12-18/h5,8-12H,3-4,6-7,13-15H2,1-2H3. The fourth-order valence-corrected chi connectivity index (χ4v) is 4.02. The van der Waals surface area contributed by atoms with E-state index >= 15 is 0 Å². The lowest BCUT2D eigenvalue weighted by atomic mass is 9.90. The molecule has 1 aliphatic heterocycles. The van der Waals surface area contributed by atoms with E-state index in [1.165, 1.54) is 17.5 Å². The maximum atomic E-state index is 12.4. The van der Waals surface area contributed by atoms with Crippen LogP contribution in [0.15, 0.2) is 36.4 Å². The first kappa shape index (κ1) is 19.5. The van der Waals surface area contributed by atoms with E-state index in [4.69, 9.17) is 14.2 Å². The molecule has 0 saturated heterocycles. The van der Waals surface area contributed by atoms with Gasteiger partial charge in [0.1, 0.15) is 5.60 Å². The summed E-state index contributed by atoms with van der Waals surface area (Å²) >= 11 is 0. The minimum absolute atomic E-state index is 0.197. The fraction of sp³-hybridized carbons (Fsp3) is 0.417. The summed E-state index contributed by atoms with van der Waals surface area (Å²) in [4.78, 5) is 24.5. The van der Waals surface area contributed by atoms with Gasteiger partial charge in [0.15, 0.2) is 30.5 Å². The SMILES string of the molecule is CC1(C)Cc2cccc(OCC(=O)OCC(=O)c3ccc4c(c3)CCCC4)c2O1. The van der Waals surface area contributed by atoms with Crippen molar-refractivity contribution in [1.82, 2.24) is 0 Å². The van der Waals surface area contributed by atoms with Gasteiger partial charge in [0.05, 0.1) is 0 Å². The summed E-state index contributed by atoms with van der Waals surface area (Å²) in [6, 6.07) is 11.4. The second kappa shape index (κ2) is 7.90. The molecule has 2 aromatic carbocycles. The Kier molecular flexibility index (Phi) is 5.31. The first-order chi connectivity index (χ1) is 13.9. The van der Waals surface area contributed by atoms with E-state index in [0.717, 1.165) is 31.2 Å². The third-order valence-corrected chi connectivity index (χ3v) is 5.44. The van der Waals surface area contributed by atoms with Crippen molar-refractivity contribution in [2.75, 3.05) is 13.2 Å². The molecule has 0 N–H and O–H groups in total. The quantitative estimate of drug-likeness (QED) is 0.546. The first-order valence-electron chi connectivity index (χ1n) is 10.2. The lowest BCUT2D eigenvalue weighted by Crippen LogP contribution is -2.25. The van der Waals surface area contributed by atoms with Crippen molar-refractivity contribution in [3.63, 3.8) is 0 Å². The zero-order chi connectivity index (χ0) is 20.4. The number of fused-ring (bicyclic) bond motifs is 2. The van der Waals surface area contributed by atoms with Crippen LogP contribution >= 0.6 is 0 Å². The monoisotopic (exact) mass is 394 g/mol. The molecule has 2 aromatic rings. The van der Waals surface area contributed by atoms with Crippen molar-refractivity contribution in [3.05, 3.63) is 58.7 Å². The highest BCUT2D eigenvalue weighted by Crippen LogP contribution is 2.41. The van der Waals surface area contributed by atoms with E-state index in [0.29, 0.717) is 17.1 Å². The molecule has 0 fully saturated rings. The van der Waals surface area contributed by atoms with Crippen LogP contribution in [-0.4, -0.2) is 30.6 Å². The third-order valence-electron chi connectivity index (χ3n) is 5.44. The molecule has 1 aliphatic carbocycles. The number of carbonyl (C=O) groups is 2. The van der Waals surface area contributed by atoms with Gasteiger partial charge in [0.25, 0.3) is 0 Å². The number of rotatable bonds is 6. The van der Waals surface area contributed by atoms with Gasteiger partial charge < -0.3 is 14.2 Å². The van der Waals surface area contributed by atoms with Crippen molar-refractivity contribution in [2.45, 2.75) is 51.6 Å². The average Bonchev–Trinajstić information content (AvgIpc) is 3.04. The van der Waals surface area contributed by atoms with E-state index < -0.39 is 5.97 Å². The molecule has 0 spiro atoms. The molecule has 29 heavy (non-hydrogen) atoms. The number of ether oxygens (including phenoxy) is 3. The van der Waals surface area contributed by atoms with Crippen LogP contribution in [0.3, 0.4) is 0 Å². The van der Waals surface area contributed by atoms with Gasteiger partial charge >= 0.3 is 5.97 Å². The number of carbonyl (C=O) groups excluding carboxylic acids is 2. The van der Waals surface area contributed by atoms with Gasteiger partial charge in [-0.2, -0.15) is 0 Å². The molecule has 0 amide bonds. The Morgan fingerprint density at radius 2 is 1.79 bits per heavy atom. The number of para-hydroxylation sites is 1. The smallest absolute Gasteiger partial charge is 0.344 e. The van der Waals surface area contributed by atoms with Gasteiger partial charge in [-0.25, -0.2) is 4.79 Å². The van der Waals surface area contributed by atoms with Crippen LogP contribution in [0.5, 0.6) is 11.5 Å². The predicted molar refractivity (Wildman–Crippen MR) is 109 cm³/mol. The molecular weight excluding hydrogens is 368 g/mol. The number of benzene rings is 2. The maximum Gasteiger partial charge on any atom is 0.344 e. The minimum Gasteiger partial charge on any atom is -0.483 e. The normalized spacial score (nSPS) is 16.3. The molecule has 152 valence electrons. The molecule has 0 aromatic heterocycles. The molecular formula is C24H26O5. The maximum absolute atomic E-state index is 12.4. The second-order valence-corrected chi connectivity index (χ2v) is 8.35. The molecule has 2 aliphatic rings. The number of hydrogen-bond donors (Lipinski definition) is 0. The Labute approximate surface area is 171 Å². The van der Waals surface area contributed by atoms with Gasteiger partial charge in [-0.05, 0) is 62.8 Å². The summed E-state index contributed by atoms with van der Waals surface area (Å²) in [5.74, 6) is 0.421. The van der Waals surface area contributed by atoms with Crippen molar-refractivity contribution >= 4 is 11.8 Å². The lowest BCUT2D eigenvalue weighted by Gasteiger charge is -2.18. The number of ketones is 1. The van der Waals surface area contributed by atoms with Gasteiger partial charge in [0.2, 0.25) is 0 Å². The summed E-state index contributed by atoms with van der Waals surface area (Å²) < 4.78 is 16.7. The molecule has 1 heterocycles. The van der Waals surface area contributed by atoms with E-state index in [-0.39, 0.29) is 24.6 Å². The zero-order valence-corrected chi connectivity index (χ0v) is 17.0. The highest BCUT2D eigenvalue weighted by atomic mass is 16.6. The van der Waals surface area contributed by atoms with E-state index in [1.807, 2.05) is 44.2 Å². The Morgan fingerprint density at radius 1 is 1.00 bits per heavy atom. The van der Waals surface area contributed by atoms with E-state index in [9.17, 15) is 9.59 Å². The number of hydrogen-bond acceptors (Lipinski definition) is 5. The molecule has 0 bridgehead atoms. The summed E-state index contributed by atoms with van der Waals surface area (Å²) in [6.07, 6.45) is 5.22. The molecule has 0 saturated carbocycles. The minimum atomic E-state index is -0.578. The summed E-state index contributed by atoms with van der Waals surface area (Å²) in [5.41, 5.74) is 3.92. The van der Waals surface area contributed by atoms with Crippen LogP contribution in [0.25, 0.3) is 0 Å². The van der Waals surface area contributed by atoms with Crippen molar-refractivity contribution in [1.29, 1.82) is 0 Å². The average molecular weight is 394 g/mol. The van der Waals surface area contributed by atoms with Gasteiger partial charge in [-0.1, -0.05) is 24.3 Å². The van der Waals surface area contributed by atoms with Crippen molar-refractivity contribution in [2.24, 2.45) is 0 Å². The molecule has 0 unspecified atom stereocenters. The predicted octanol–water partition coefficient (Wildman–Crippen LogP) is 4.08.